The molecular weight excluding hydrogens is 417 g/mol. The lowest BCUT2D eigenvalue weighted by atomic mass is 10.1. The third kappa shape index (κ3) is 5.15. The van der Waals surface area contributed by atoms with Crippen LogP contribution in [0.5, 0.6) is 0 Å². The number of sulfonamides is 1. The summed E-state index contributed by atoms with van der Waals surface area (Å²) in [7, 11) is -5.73. The van der Waals surface area contributed by atoms with Gasteiger partial charge in [-0.15, -0.1) is 0 Å². The van der Waals surface area contributed by atoms with E-state index in [9.17, 15) is 47.9 Å². The highest BCUT2D eigenvalue weighted by molar-refractivity contribution is 8.08. The molecular formula is C10H6F9NO3S2. The monoisotopic (exact) mass is 423 g/mol. The van der Waals surface area contributed by atoms with Gasteiger partial charge in [0.05, 0.1) is 18.2 Å². The fourth-order valence-electron chi connectivity index (χ4n) is 1.33. The Balaban J connectivity index is 3.42. The van der Waals surface area contributed by atoms with E-state index in [0.29, 0.717) is 7.11 Å². The van der Waals surface area contributed by atoms with Gasteiger partial charge in [0, 0.05) is 16.8 Å². The van der Waals surface area contributed by atoms with E-state index >= 15 is 0 Å². The number of rotatable bonds is 4. The first-order valence-corrected chi connectivity index (χ1v) is 7.84. The molecule has 0 fully saturated rings. The molecule has 0 unspecified atom stereocenters. The normalized spacial score (nSPS) is 14.2. The van der Waals surface area contributed by atoms with Crippen LogP contribution in [0.1, 0.15) is 11.1 Å². The minimum Gasteiger partial charge on any atom is -0.277 e. The van der Waals surface area contributed by atoms with Crippen LogP contribution in [0, 0.1) is 0 Å². The summed E-state index contributed by atoms with van der Waals surface area (Å²) in [6, 6.07) is -0.158. The lowest BCUT2D eigenvalue weighted by Crippen LogP contribution is -2.35. The predicted molar refractivity (Wildman–Crippen MR) is 66.1 cm³/mol. The molecule has 0 saturated carbocycles. The summed E-state index contributed by atoms with van der Waals surface area (Å²) in [5.41, 5.74) is -9.54. The van der Waals surface area contributed by atoms with E-state index in [1.54, 1.807) is 0 Å². The fraction of sp³-hybridized carbons (Fsp3) is 0.400. The van der Waals surface area contributed by atoms with Crippen molar-refractivity contribution < 1.29 is 52.8 Å². The number of halogens is 9. The molecule has 0 spiro atoms. The first-order chi connectivity index (χ1) is 11.0. The highest BCUT2D eigenvalue weighted by atomic mass is 32.3. The lowest BCUT2D eigenvalue weighted by Gasteiger charge is -2.20. The van der Waals surface area contributed by atoms with Gasteiger partial charge in [0.1, 0.15) is 0 Å². The van der Waals surface area contributed by atoms with E-state index in [-0.39, 0.29) is 18.2 Å². The van der Waals surface area contributed by atoms with Crippen LogP contribution in [-0.2, 0) is 27.2 Å². The molecule has 144 valence electrons. The Morgan fingerprint density at radius 3 is 1.56 bits per heavy atom. The summed E-state index contributed by atoms with van der Waals surface area (Å²) in [5, 5.41) is 0. The summed E-state index contributed by atoms with van der Waals surface area (Å²) in [4.78, 5) is 2.84. The quantitative estimate of drug-likeness (QED) is 0.408. The number of nitrogens with zero attached hydrogens (tertiary/aromatic N) is 1. The maximum absolute atomic E-state index is 12.7. The van der Waals surface area contributed by atoms with Gasteiger partial charge in [-0.05, 0) is 22.1 Å². The lowest BCUT2D eigenvalue weighted by molar-refractivity contribution is -0.143. The van der Waals surface area contributed by atoms with Crippen molar-refractivity contribution in [1.82, 2.24) is 3.87 Å². The SMILES string of the molecule is CON(Sc1cc(C(F)(F)F)cc(C(F)(F)F)c1)S(=O)(=O)C(F)(F)F. The van der Waals surface area contributed by atoms with Gasteiger partial charge < -0.3 is 0 Å². The second-order valence-corrected chi connectivity index (χ2v) is 7.12. The van der Waals surface area contributed by atoms with Gasteiger partial charge in [-0.1, -0.05) is 0 Å². The standard InChI is InChI=1S/C10H6F9NO3S2/c1-23-20(25(21,22)10(17,18)19)24-7-3-5(8(11,12)13)2-6(4-7)9(14,15)16/h2-4H,1H3. The molecule has 0 heterocycles. The molecule has 0 N–H and O–H groups in total. The van der Waals surface area contributed by atoms with E-state index in [0.717, 1.165) is 0 Å². The fourth-order valence-corrected chi connectivity index (χ4v) is 3.21. The highest BCUT2D eigenvalue weighted by Gasteiger charge is 2.51. The minimum atomic E-state index is -6.17. The van der Waals surface area contributed by atoms with E-state index in [1.807, 2.05) is 0 Å². The van der Waals surface area contributed by atoms with Crippen molar-refractivity contribution in [2.75, 3.05) is 7.11 Å². The van der Waals surface area contributed by atoms with Gasteiger partial charge in [0.2, 0.25) is 0 Å². The number of hydrogen-bond donors (Lipinski definition) is 0. The Morgan fingerprint density at radius 2 is 1.28 bits per heavy atom. The average molecular weight is 423 g/mol. The molecule has 1 aromatic carbocycles. The van der Waals surface area contributed by atoms with Crippen LogP contribution in [0.4, 0.5) is 39.5 Å². The van der Waals surface area contributed by atoms with E-state index in [2.05, 4.69) is 4.84 Å². The van der Waals surface area contributed by atoms with Crippen molar-refractivity contribution in [3.05, 3.63) is 29.3 Å². The van der Waals surface area contributed by atoms with Crippen LogP contribution in [0.15, 0.2) is 23.1 Å². The topological polar surface area (TPSA) is 46.6 Å². The third-order valence-corrected chi connectivity index (χ3v) is 5.06. The Kier molecular flexibility index (Phi) is 5.98. The van der Waals surface area contributed by atoms with Crippen LogP contribution >= 0.6 is 11.9 Å². The molecule has 1 rings (SSSR count). The van der Waals surface area contributed by atoms with E-state index in [1.165, 1.54) is 0 Å². The Bertz CT molecular complexity index is 692. The van der Waals surface area contributed by atoms with E-state index in [4.69, 9.17) is 0 Å². The van der Waals surface area contributed by atoms with Crippen molar-refractivity contribution in [2.24, 2.45) is 0 Å². The Morgan fingerprint density at radius 1 is 0.880 bits per heavy atom. The maximum Gasteiger partial charge on any atom is 0.514 e. The number of benzene rings is 1. The molecule has 0 bridgehead atoms. The minimum absolute atomic E-state index is 0.0534. The summed E-state index contributed by atoms with van der Waals surface area (Å²) < 4.78 is 135. The van der Waals surface area contributed by atoms with Crippen molar-refractivity contribution in [2.45, 2.75) is 22.8 Å². The molecule has 0 amide bonds. The molecule has 0 aromatic heterocycles. The van der Waals surface area contributed by atoms with Crippen molar-refractivity contribution in [3.8, 4) is 0 Å². The van der Waals surface area contributed by atoms with Gasteiger partial charge in [-0.3, -0.25) is 4.84 Å². The van der Waals surface area contributed by atoms with Crippen molar-refractivity contribution in [3.63, 3.8) is 0 Å². The van der Waals surface area contributed by atoms with Crippen molar-refractivity contribution >= 4 is 22.0 Å². The Labute approximate surface area is 138 Å². The van der Waals surface area contributed by atoms with E-state index < -0.39 is 59.7 Å². The average Bonchev–Trinajstić information content (AvgIpc) is 2.41. The molecule has 1 aromatic rings. The summed E-state index contributed by atoms with van der Waals surface area (Å²) in [6.07, 6.45) is -10.5. The second kappa shape index (κ2) is 6.85. The zero-order valence-corrected chi connectivity index (χ0v) is 13.3. The molecule has 15 heteroatoms. The first kappa shape index (κ1) is 21.9. The third-order valence-electron chi connectivity index (χ3n) is 2.38. The number of alkyl halides is 9. The second-order valence-electron chi connectivity index (χ2n) is 4.16. The molecule has 25 heavy (non-hydrogen) atoms. The molecule has 0 saturated heterocycles. The van der Waals surface area contributed by atoms with Crippen LogP contribution < -0.4 is 0 Å². The van der Waals surface area contributed by atoms with Crippen LogP contribution in [-0.4, -0.2) is 24.9 Å². The molecule has 0 aliphatic rings. The zero-order chi connectivity index (χ0) is 19.8. The summed E-state index contributed by atoms with van der Waals surface area (Å²) in [6.45, 7) is 0. The molecule has 0 aliphatic carbocycles. The molecule has 0 aliphatic heterocycles. The summed E-state index contributed by atoms with van der Waals surface area (Å²) >= 11 is -0.614. The van der Waals surface area contributed by atoms with Gasteiger partial charge in [-0.25, -0.2) is 0 Å². The molecule has 0 atom stereocenters. The highest BCUT2D eigenvalue weighted by Crippen LogP contribution is 2.41. The van der Waals surface area contributed by atoms with Gasteiger partial charge in [0.15, 0.2) is 0 Å². The van der Waals surface area contributed by atoms with Gasteiger partial charge >= 0.3 is 27.9 Å². The first-order valence-electron chi connectivity index (χ1n) is 5.63. The molecule has 0 radical (unpaired) electrons. The van der Waals surface area contributed by atoms with Crippen LogP contribution in [0.25, 0.3) is 0 Å². The van der Waals surface area contributed by atoms with Gasteiger partial charge in [0.25, 0.3) is 0 Å². The van der Waals surface area contributed by atoms with Crippen molar-refractivity contribution in [1.29, 1.82) is 0 Å². The Hall–Kier alpha value is -1.19. The largest absolute Gasteiger partial charge is 0.514 e. The molecule has 4 nitrogen and oxygen atoms in total. The number of hydrogen-bond acceptors (Lipinski definition) is 4. The van der Waals surface area contributed by atoms with Crippen LogP contribution in [0.2, 0.25) is 0 Å². The smallest absolute Gasteiger partial charge is 0.277 e. The van der Waals surface area contributed by atoms with Gasteiger partial charge in [-0.2, -0.15) is 47.9 Å². The summed E-state index contributed by atoms with van der Waals surface area (Å²) in [5.74, 6) is 0. The van der Waals surface area contributed by atoms with Crippen LogP contribution in [0.3, 0.4) is 0 Å². The predicted octanol–water partition coefficient (Wildman–Crippen LogP) is 4.44. The maximum atomic E-state index is 12.7. The zero-order valence-electron chi connectivity index (χ0n) is 11.6.